The van der Waals surface area contributed by atoms with Crippen LogP contribution in [0.5, 0.6) is 0 Å². The van der Waals surface area contributed by atoms with E-state index >= 15 is 0 Å². The van der Waals surface area contributed by atoms with Gasteiger partial charge in [-0.2, -0.15) is 0 Å². The molecular formula is C17H26N2O3. The van der Waals surface area contributed by atoms with Gasteiger partial charge in [0, 0.05) is 31.3 Å². The van der Waals surface area contributed by atoms with Gasteiger partial charge in [0.05, 0.1) is 6.61 Å². The van der Waals surface area contributed by atoms with Gasteiger partial charge < -0.3 is 20.1 Å². The van der Waals surface area contributed by atoms with Crippen molar-refractivity contribution in [1.29, 1.82) is 0 Å². The van der Waals surface area contributed by atoms with Crippen molar-refractivity contribution in [3.05, 3.63) is 29.8 Å². The number of benzene rings is 1. The zero-order chi connectivity index (χ0) is 16.0. The average Bonchev–Trinajstić information content (AvgIpc) is 2.95. The van der Waals surface area contributed by atoms with Crippen LogP contribution in [0.4, 0.5) is 10.5 Å². The molecule has 0 aliphatic carbocycles. The maximum Gasteiger partial charge on any atom is 0.407 e. The summed E-state index contributed by atoms with van der Waals surface area (Å²) in [6.07, 6.45) is 0.723. The van der Waals surface area contributed by atoms with Gasteiger partial charge in [-0.15, -0.1) is 0 Å². The molecule has 2 N–H and O–H groups in total. The van der Waals surface area contributed by atoms with E-state index in [1.165, 1.54) is 0 Å². The van der Waals surface area contributed by atoms with Crippen molar-refractivity contribution in [2.75, 3.05) is 25.1 Å². The molecule has 5 nitrogen and oxygen atoms in total. The lowest BCUT2D eigenvalue weighted by Crippen LogP contribution is -2.32. The summed E-state index contributed by atoms with van der Waals surface area (Å²) in [6.45, 7) is 8.64. The van der Waals surface area contributed by atoms with E-state index in [-0.39, 0.29) is 0 Å². The number of ether oxygens (including phenoxy) is 2. The van der Waals surface area contributed by atoms with E-state index in [0.717, 1.165) is 37.4 Å². The molecule has 1 aliphatic heterocycles. The Hall–Kier alpha value is -1.75. The van der Waals surface area contributed by atoms with Crippen LogP contribution < -0.4 is 10.6 Å². The molecule has 0 saturated carbocycles. The highest BCUT2D eigenvalue weighted by Gasteiger charge is 2.16. The predicted molar refractivity (Wildman–Crippen MR) is 86.9 cm³/mol. The van der Waals surface area contributed by atoms with E-state index in [1.807, 2.05) is 45.0 Å². The summed E-state index contributed by atoms with van der Waals surface area (Å²) in [4.78, 5) is 11.7. The lowest BCUT2D eigenvalue weighted by atomic mass is 10.1. The zero-order valence-corrected chi connectivity index (χ0v) is 13.6. The van der Waals surface area contributed by atoms with Crippen molar-refractivity contribution in [1.82, 2.24) is 5.32 Å². The third-order valence-electron chi connectivity index (χ3n) is 3.38. The minimum absolute atomic E-state index is 0.394. The first kappa shape index (κ1) is 16.6. The molecule has 22 heavy (non-hydrogen) atoms. The standard InChI is InChI=1S/C17H26N2O3/c1-17(2,3)22-16(20)19-10-13-5-4-6-15(9-13)18-11-14-7-8-21-12-14/h4-6,9,14,18H,7-8,10-12H2,1-3H3,(H,19,20). The topological polar surface area (TPSA) is 59.6 Å². The SMILES string of the molecule is CC(C)(C)OC(=O)NCc1cccc(NCC2CCOC2)c1. The van der Waals surface area contributed by atoms with Gasteiger partial charge in [-0.1, -0.05) is 12.1 Å². The van der Waals surface area contributed by atoms with E-state index in [2.05, 4.69) is 10.6 Å². The van der Waals surface area contributed by atoms with E-state index in [0.29, 0.717) is 12.5 Å². The fourth-order valence-electron chi connectivity index (χ4n) is 2.29. The molecule has 0 aromatic heterocycles. The van der Waals surface area contributed by atoms with Crippen LogP contribution in [0.3, 0.4) is 0 Å². The van der Waals surface area contributed by atoms with Gasteiger partial charge in [-0.3, -0.25) is 0 Å². The largest absolute Gasteiger partial charge is 0.444 e. The second-order valence-electron chi connectivity index (χ2n) is 6.67. The Morgan fingerprint density at radius 1 is 1.41 bits per heavy atom. The number of hydrogen-bond donors (Lipinski definition) is 2. The van der Waals surface area contributed by atoms with Crippen LogP contribution in [0, 0.1) is 5.92 Å². The van der Waals surface area contributed by atoms with Crippen LogP contribution in [0.25, 0.3) is 0 Å². The Labute approximate surface area is 132 Å². The number of hydrogen-bond acceptors (Lipinski definition) is 4. The number of amides is 1. The number of carbonyl (C=O) groups is 1. The fourth-order valence-corrected chi connectivity index (χ4v) is 2.29. The maximum absolute atomic E-state index is 11.7. The van der Waals surface area contributed by atoms with Crippen molar-refractivity contribution in [2.45, 2.75) is 39.3 Å². The Bertz CT molecular complexity index is 491. The Morgan fingerprint density at radius 3 is 2.91 bits per heavy atom. The molecule has 2 rings (SSSR count). The summed E-state index contributed by atoms with van der Waals surface area (Å²) in [5, 5.41) is 6.20. The monoisotopic (exact) mass is 306 g/mol. The molecule has 0 bridgehead atoms. The van der Waals surface area contributed by atoms with Crippen LogP contribution in [0.2, 0.25) is 0 Å². The second-order valence-corrected chi connectivity index (χ2v) is 6.67. The number of carbonyl (C=O) groups excluding carboxylic acids is 1. The lowest BCUT2D eigenvalue weighted by Gasteiger charge is -2.19. The fraction of sp³-hybridized carbons (Fsp3) is 0.588. The number of anilines is 1. The summed E-state index contributed by atoms with van der Waals surface area (Å²) in [5.74, 6) is 0.587. The van der Waals surface area contributed by atoms with E-state index in [4.69, 9.17) is 9.47 Å². The molecule has 1 fully saturated rings. The molecule has 1 amide bonds. The maximum atomic E-state index is 11.7. The lowest BCUT2D eigenvalue weighted by molar-refractivity contribution is 0.0523. The molecule has 122 valence electrons. The van der Waals surface area contributed by atoms with Gasteiger partial charge in [-0.25, -0.2) is 4.79 Å². The van der Waals surface area contributed by atoms with Gasteiger partial charge in [0.2, 0.25) is 0 Å². The van der Waals surface area contributed by atoms with Gasteiger partial charge in [0.1, 0.15) is 5.60 Å². The molecular weight excluding hydrogens is 280 g/mol. The molecule has 0 spiro atoms. The van der Waals surface area contributed by atoms with E-state index in [9.17, 15) is 4.79 Å². The van der Waals surface area contributed by atoms with E-state index < -0.39 is 11.7 Å². The zero-order valence-electron chi connectivity index (χ0n) is 13.6. The average molecular weight is 306 g/mol. The Morgan fingerprint density at radius 2 is 2.23 bits per heavy atom. The Balaban J connectivity index is 1.79. The molecule has 1 atom stereocenters. The van der Waals surface area contributed by atoms with Gasteiger partial charge in [0.25, 0.3) is 0 Å². The van der Waals surface area contributed by atoms with Crippen molar-refractivity contribution in [3.63, 3.8) is 0 Å². The van der Waals surface area contributed by atoms with Gasteiger partial charge in [0.15, 0.2) is 0 Å². The quantitative estimate of drug-likeness (QED) is 0.877. The molecule has 1 heterocycles. The first-order chi connectivity index (χ1) is 10.4. The predicted octanol–water partition coefficient (Wildman–Crippen LogP) is 3.16. The summed E-state index contributed by atoms with van der Waals surface area (Å²) in [7, 11) is 0. The number of rotatable bonds is 5. The molecule has 1 aliphatic rings. The minimum Gasteiger partial charge on any atom is -0.444 e. The summed E-state index contributed by atoms with van der Waals surface area (Å²) in [6, 6.07) is 8.06. The van der Waals surface area contributed by atoms with Crippen molar-refractivity contribution in [2.24, 2.45) is 5.92 Å². The smallest absolute Gasteiger partial charge is 0.407 e. The molecule has 1 aromatic rings. The minimum atomic E-state index is -0.475. The highest BCUT2D eigenvalue weighted by molar-refractivity contribution is 5.67. The molecule has 1 aromatic carbocycles. The van der Waals surface area contributed by atoms with Crippen LogP contribution in [0.15, 0.2) is 24.3 Å². The van der Waals surface area contributed by atoms with Crippen molar-refractivity contribution < 1.29 is 14.3 Å². The molecule has 1 unspecified atom stereocenters. The van der Waals surface area contributed by atoms with Crippen molar-refractivity contribution in [3.8, 4) is 0 Å². The highest BCUT2D eigenvalue weighted by Crippen LogP contribution is 2.16. The number of nitrogens with one attached hydrogen (secondary N) is 2. The molecule has 5 heteroatoms. The summed E-state index contributed by atoms with van der Waals surface area (Å²) < 4.78 is 10.6. The van der Waals surface area contributed by atoms with Gasteiger partial charge in [-0.05, 0) is 44.9 Å². The second kappa shape index (κ2) is 7.49. The highest BCUT2D eigenvalue weighted by atomic mass is 16.6. The van der Waals surface area contributed by atoms with Crippen LogP contribution in [0.1, 0.15) is 32.8 Å². The Kier molecular flexibility index (Phi) is 5.66. The summed E-state index contributed by atoms with van der Waals surface area (Å²) in [5.41, 5.74) is 1.63. The van der Waals surface area contributed by atoms with Crippen LogP contribution >= 0.6 is 0 Å². The first-order valence-corrected chi connectivity index (χ1v) is 7.80. The molecule has 0 radical (unpaired) electrons. The third kappa shape index (κ3) is 5.93. The third-order valence-corrected chi connectivity index (χ3v) is 3.38. The first-order valence-electron chi connectivity index (χ1n) is 7.80. The van der Waals surface area contributed by atoms with Gasteiger partial charge >= 0.3 is 6.09 Å². The van der Waals surface area contributed by atoms with Crippen LogP contribution in [-0.2, 0) is 16.0 Å². The molecule has 1 saturated heterocycles. The summed E-state index contributed by atoms with van der Waals surface area (Å²) >= 11 is 0. The number of alkyl carbamates (subject to hydrolysis) is 1. The van der Waals surface area contributed by atoms with Crippen LogP contribution in [-0.4, -0.2) is 31.5 Å². The van der Waals surface area contributed by atoms with E-state index in [1.54, 1.807) is 0 Å². The normalized spacial score (nSPS) is 18.0. The van der Waals surface area contributed by atoms with Crippen molar-refractivity contribution >= 4 is 11.8 Å².